The van der Waals surface area contributed by atoms with Crippen LogP contribution in [0.25, 0.3) is 0 Å². The zero-order chi connectivity index (χ0) is 37.1. The van der Waals surface area contributed by atoms with E-state index in [9.17, 15) is 0 Å². The highest BCUT2D eigenvalue weighted by molar-refractivity contribution is 14.1. The Balaban J connectivity index is 0.000000286. The molecule has 4 aromatic rings. The first-order chi connectivity index (χ1) is 22.9. The molecule has 0 aliphatic carbocycles. The molecule has 0 unspecified atom stereocenters. The molecule has 0 amide bonds. The Labute approximate surface area is 316 Å². The van der Waals surface area contributed by atoms with Crippen molar-refractivity contribution in [2.75, 3.05) is 22.9 Å². The van der Waals surface area contributed by atoms with Gasteiger partial charge >= 0.3 is 0 Å². The minimum Gasteiger partial charge on any atom is -0.383 e. The lowest BCUT2D eigenvalue weighted by molar-refractivity contribution is 0.839. The van der Waals surface area contributed by atoms with E-state index in [0.717, 1.165) is 26.3 Å². The second-order valence-corrected chi connectivity index (χ2v) is 21.9. The number of halogens is 1. The van der Waals surface area contributed by atoms with Crippen LogP contribution in [0.3, 0.4) is 0 Å². The predicted molar refractivity (Wildman–Crippen MR) is 223 cm³/mol. The highest BCUT2D eigenvalue weighted by atomic mass is 127. The molecule has 8 nitrogen and oxygen atoms in total. The molecule has 4 rings (SSSR count). The van der Waals surface area contributed by atoms with Crippen LogP contribution in [0, 0.1) is 41.6 Å². The lowest BCUT2D eigenvalue weighted by Gasteiger charge is -2.15. The molecule has 0 radical (unpaired) electrons. The van der Waals surface area contributed by atoms with Gasteiger partial charge in [0.25, 0.3) is 0 Å². The molecule has 2 aromatic carbocycles. The average Bonchev–Trinajstić information content (AvgIpc) is 2.99. The summed E-state index contributed by atoms with van der Waals surface area (Å²) >= 11 is 5.49. The van der Waals surface area contributed by atoms with E-state index in [1.54, 1.807) is 35.9 Å². The first-order valence-corrected chi connectivity index (χ1v) is 22.2. The number of aromatic nitrogens is 4. The van der Waals surface area contributed by atoms with Crippen molar-refractivity contribution in [3.8, 4) is 24.2 Å². The van der Waals surface area contributed by atoms with Crippen molar-refractivity contribution in [1.82, 2.24) is 19.9 Å². The Hall–Kier alpha value is -3.43. The summed E-state index contributed by atoms with van der Waals surface area (Å²) in [6.07, 6.45) is 8.44. The van der Waals surface area contributed by atoms with Crippen molar-refractivity contribution >= 4 is 77.7 Å². The number of terminal acetylenes is 1. The molecular weight excluding hydrogens is 776 g/mol. The van der Waals surface area contributed by atoms with E-state index in [1.807, 2.05) is 6.92 Å². The predicted octanol–water partition coefficient (Wildman–Crippen LogP) is 9.38. The molecule has 12 heteroatoms. The van der Waals surface area contributed by atoms with Crippen molar-refractivity contribution in [3.63, 3.8) is 0 Å². The van der Waals surface area contributed by atoms with Crippen LogP contribution in [-0.2, 0) is 0 Å². The van der Waals surface area contributed by atoms with Crippen LogP contribution in [0.5, 0.6) is 0 Å². The SMILES string of the molecule is C#CC[Si](C)(C)C.CC#Cc1cc(Sc2cnc(N)nc2N)c(C(C)C)cc1C.Cc1cc(C(C)C)c(Sc2cnc(N)nc2N)cc1I. The van der Waals surface area contributed by atoms with Crippen LogP contribution in [0.1, 0.15) is 74.3 Å². The number of nitrogens with zero attached hydrogens (tertiary/aromatic N) is 4. The van der Waals surface area contributed by atoms with E-state index in [-0.39, 0.29) is 11.9 Å². The van der Waals surface area contributed by atoms with E-state index >= 15 is 0 Å². The Kier molecular flexibility index (Phi) is 16.3. The number of nitrogen functional groups attached to an aromatic ring is 4. The van der Waals surface area contributed by atoms with Crippen LogP contribution < -0.4 is 22.9 Å². The Morgan fingerprint density at radius 3 is 1.57 bits per heavy atom. The molecule has 0 spiro atoms. The molecule has 260 valence electrons. The van der Waals surface area contributed by atoms with Crippen LogP contribution in [0.15, 0.2) is 56.2 Å². The molecule has 49 heavy (non-hydrogen) atoms. The Bertz CT molecular complexity index is 1850. The van der Waals surface area contributed by atoms with E-state index in [1.165, 1.54) is 30.7 Å². The molecular formula is C37H49IN8S2Si. The van der Waals surface area contributed by atoms with Crippen LogP contribution in [0.2, 0.25) is 25.7 Å². The van der Waals surface area contributed by atoms with Gasteiger partial charge < -0.3 is 22.9 Å². The molecule has 0 saturated carbocycles. The van der Waals surface area contributed by atoms with Gasteiger partial charge in [-0.1, -0.05) is 88.9 Å². The number of nitrogens with two attached hydrogens (primary N) is 4. The molecule has 0 fully saturated rings. The fourth-order valence-electron chi connectivity index (χ4n) is 4.24. The lowest BCUT2D eigenvalue weighted by atomic mass is 9.98. The molecule has 0 aliphatic rings. The van der Waals surface area contributed by atoms with E-state index in [0.29, 0.717) is 23.5 Å². The van der Waals surface area contributed by atoms with Gasteiger partial charge in [0.15, 0.2) is 0 Å². The molecule has 2 aromatic heterocycles. The van der Waals surface area contributed by atoms with Crippen LogP contribution in [-0.4, -0.2) is 28.0 Å². The summed E-state index contributed by atoms with van der Waals surface area (Å²) in [5.74, 6) is 10.8. The number of benzene rings is 2. The second-order valence-electron chi connectivity index (χ2n) is 13.1. The summed E-state index contributed by atoms with van der Waals surface area (Å²) in [5, 5.41) is 0. The zero-order valence-electron chi connectivity index (χ0n) is 30.2. The van der Waals surface area contributed by atoms with Crippen LogP contribution in [0.4, 0.5) is 23.5 Å². The summed E-state index contributed by atoms with van der Waals surface area (Å²) in [5.41, 5.74) is 29.0. The topological polar surface area (TPSA) is 156 Å². The van der Waals surface area contributed by atoms with Crippen molar-refractivity contribution < 1.29 is 0 Å². The van der Waals surface area contributed by atoms with Gasteiger partial charge in [-0.3, -0.25) is 0 Å². The Morgan fingerprint density at radius 1 is 0.755 bits per heavy atom. The van der Waals surface area contributed by atoms with Crippen molar-refractivity contribution in [3.05, 3.63) is 68.0 Å². The summed E-state index contributed by atoms with van der Waals surface area (Å²) in [6, 6.07) is 9.74. The monoisotopic (exact) mass is 824 g/mol. The van der Waals surface area contributed by atoms with Gasteiger partial charge in [0.05, 0.1) is 17.9 Å². The molecule has 8 N–H and O–H groups in total. The maximum absolute atomic E-state index is 5.94. The third-order valence-electron chi connectivity index (χ3n) is 6.83. The van der Waals surface area contributed by atoms with Crippen molar-refractivity contribution in [1.29, 1.82) is 0 Å². The van der Waals surface area contributed by atoms with Crippen molar-refractivity contribution in [2.24, 2.45) is 0 Å². The number of hydrogen-bond donors (Lipinski definition) is 4. The maximum atomic E-state index is 5.94. The smallest absolute Gasteiger partial charge is 0.221 e. The maximum Gasteiger partial charge on any atom is 0.221 e. The number of rotatable bonds is 7. The highest BCUT2D eigenvalue weighted by Gasteiger charge is 2.15. The minimum absolute atomic E-state index is 0.187. The normalized spacial score (nSPS) is 10.7. The van der Waals surface area contributed by atoms with Gasteiger partial charge in [0.1, 0.15) is 11.6 Å². The third-order valence-corrected chi connectivity index (χ3v) is 11.5. The Morgan fingerprint density at radius 2 is 1.20 bits per heavy atom. The molecule has 0 bridgehead atoms. The van der Waals surface area contributed by atoms with E-state index < -0.39 is 8.07 Å². The number of aryl methyl sites for hydroxylation is 2. The van der Waals surface area contributed by atoms with Gasteiger partial charge in [0, 0.05) is 37.4 Å². The molecule has 2 heterocycles. The van der Waals surface area contributed by atoms with Gasteiger partial charge in [-0.15, -0.1) is 18.3 Å². The third kappa shape index (κ3) is 13.4. The lowest BCUT2D eigenvalue weighted by Crippen LogP contribution is -2.17. The first kappa shape index (κ1) is 41.7. The largest absolute Gasteiger partial charge is 0.383 e. The van der Waals surface area contributed by atoms with Gasteiger partial charge in [0.2, 0.25) is 11.9 Å². The summed E-state index contributed by atoms with van der Waals surface area (Å²) in [6.45, 7) is 21.6. The highest BCUT2D eigenvalue weighted by Crippen LogP contribution is 2.39. The molecule has 0 aliphatic heterocycles. The minimum atomic E-state index is -0.893. The first-order valence-electron chi connectivity index (χ1n) is 15.8. The molecule has 0 atom stereocenters. The number of anilines is 4. The standard InChI is InChI=1S/C17H20N4S.C14H17IN4S.C6H12Si/c1-5-6-12-8-14(13(10(2)3)7-11(12)4)22-15-9-20-17(19)21-16(15)18;1-7(2)9-4-8(3)10(15)5-11(9)20-12-6-18-14(17)19-13(12)16;1-5-6-7(2,3)4/h7-10H,1-4H3,(H4,18,19,20,21);4-7H,1-3H3,(H4,16,17,18,19);1H,6H2,2-4H3. The van der Waals surface area contributed by atoms with Gasteiger partial charge in [-0.25, -0.2) is 9.97 Å². The number of hydrogen-bond acceptors (Lipinski definition) is 10. The summed E-state index contributed by atoms with van der Waals surface area (Å²) in [4.78, 5) is 20.0. The van der Waals surface area contributed by atoms with E-state index in [4.69, 9.17) is 29.4 Å². The second kappa shape index (κ2) is 19.1. The molecule has 0 saturated heterocycles. The summed E-state index contributed by atoms with van der Waals surface area (Å²) < 4.78 is 1.24. The van der Waals surface area contributed by atoms with E-state index in [2.05, 4.69) is 146 Å². The quantitative estimate of drug-likeness (QED) is 0.0805. The fraction of sp³-hybridized carbons (Fsp3) is 0.351. The van der Waals surface area contributed by atoms with Crippen LogP contribution >= 0.6 is 46.1 Å². The van der Waals surface area contributed by atoms with Gasteiger partial charge in [-0.2, -0.15) is 9.97 Å². The average molecular weight is 825 g/mol. The fourth-order valence-corrected chi connectivity index (χ4v) is 7.70. The van der Waals surface area contributed by atoms with Crippen molar-refractivity contribution in [2.45, 2.75) is 106 Å². The summed E-state index contributed by atoms with van der Waals surface area (Å²) in [7, 11) is -0.893. The van der Waals surface area contributed by atoms with Gasteiger partial charge in [-0.05, 0) is 89.6 Å². The zero-order valence-corrected chi connectivity index (χ0v) is 35.0.